The van der Waals surface area contributed by atoms with Crippen molar-refractivity contribution < 1.29 is 4.39 Å². The molecule has 0 unspecified atom stereocenters. The van der Waals surface area contributed by atoms with Crippen LogP contribution in [0.1, 0.15) is 36.6 Å². The van der Waals surface area contributed by atoms with Crippen molar-refractivity contribution in [3.63, 3.8) is 0 Å². The van der Waals surface area contributed by atoms with Gasteiger partial charge in [-0.05, 0) is 30.5 Å². The Bertz CT molecular complexity index is 893. The molecule has 0 bridgehead atoms. The standard InChI is InChI=1S/C21H23FN4/c1-14(2)17-9-5-7-11-19(17)25-20-12-15(3)24-21(26-20)23-13-16-8-4-6-10-18(16)22/h4-12,14H,13H2,1-3H3,(H2,23,24,25,26). The van der Waals surface area contributed by atoms with E-state index in [1.807, 2.05) is 37.3 Å². The molecule has 0 atom stereocenters. The SMILES string of the molecule is Cc1cc(Nc2ccccc2C(C)C)nc(NCc2ccccc2F)n1. The third-order valence-corrected chi connectivity index (χ3v) is 4.09. The highest BCUT2D eigenvalue weighted by molar-refractivity contribution is 5.62. The number of hydrogen-bond donors (Lipinski definition) is 2. The van der Waals surface area contributed by atoms with Crippen molar-refractivity contribution in [1.82, 2.24) is 9.97 Å². The number of nitrogens with one attached hydrogen (secondary N) is 2. The fourth-order valence-corrected chi connectivity index (χ4v) is 2.78. The van der Waals surface area contributed by atoms with Crippen molar-refractivity contribution in [3.8, 4) is 0 Å². The first-order valence-corrected chi connectivity index (χ1v) is 8.72. The van der Waals surface area contributed by atoms with Gasteiger partial charge in [-0.1, -0.05) is 50.2 Å². The van der Waals surface area contributed by atoms with E-state index in [2.05, 4.69) is 40.5 Å². The number of aryl methyl sites for hydroxylation is 1. The first-order chi connectivity index (χ1) is 12.5. The van der Waals surface area contributed by atoms with E-state index >= 15 is 0 Å². The summed E-state index contributed by atoms with van der Waals surface area (Å²) in [4.78, 5) is 8.91. The lowest BCUT2D eigenvalue weighted by atomic mass is 10.0. The number of para-hydroxylation sites is 1. The first kappa shape index (κ1) is 17.9. The van der Waals surface area contributed by atoms with Crippen molar-refractivity contribution in [2.45, 2.75) is 33.2 Å². The molecule has 5 heteroatoms. The van der Waals surface area contributed by atoms with E-state index in [9.17, 15) is 4.39 Å². The number of hydrogen-bond acceptors (Lipinski definition) is 4. The van der Waals surface area contributed by atoms with Gasteiger partial charge in [0.15, 0.2) is 0 Å². The molecule has 1 heterocycles. The van der Waals surface area contributed by atoms with Crippen LogP contribution in [0.15, 0.2) is 54.6 Å². The maximum atomic E-state index is 13.8. The molecule has 0 amide bonds. The van der Waals surface area contributed by atoms with Gasteiger partial charge in [-0.3, -0.25) is 0 Å². The topological polar surface area (TPSA) is 49.8 Å². The molecule has 26 heavy (non-hydrogen) atoms. The molecule has 0 saturated heterocycles. The second-order valence-electron chi connectivity index (χ2n) is 6.53. The van der Waals surface area contributed by atoms with Crippen LogP contribution in [-0.4, -0.2) is 9.97 Å². The van der Waals surface area contributed by atoms with Crippen LogP contribution < -0.4 is 10.6 Å². The number of aromatic nitrogens is 2. The molecule has 0 aliphatic carbocycles. The predicted molar refractivity (Wildman–Crippen MR) is 104 cm³/mol. The Morgan fingerprint density at radius 3 is 2.50 bits per heavy atom. The Morgan fingerprint density at radius 1 is 1.00 bits per heavy atom. The quantitative estimate of drug-likeness (QED) is 0.625. The lowest BCUT2D eigenvalue weighted by molar-refractivity contribution is 0.612. The molecule has 4 nitrogen and oxygen atoms in total. The third-order valence-electron chi connectivity index (χ3n) is 4.09. The van der Waals surface area contributed by atoms with Crippen molar-refractivity contribution >= 4 is 17.5 Å². The minimum Gasteiger partial charge on any atom is -0.350 e. The van der Waals surface area contributed by atoms with Crippen LogP contribution >= 0.6 is 0 Å². The number of halogens is 1. The van der Waals surface area contributed by atoms with Crippen LogP contribution in [0.2, 0.25) is 0 Å². The summed E-state index contributed by atoms with van der Waals surface area (Å²) in [5, 5.41) is 6.48. The van der Waals surface area contributed by atoms with Crippen LogP contribution in [0.4, 0.5) is 21.8 Å². The molecule has 1 aromatic heterocycles. The average Bonchev–Trinajstić information content (AvgIpc) is 2.61. The summed E-state index contributed by atoms with van der Waals surface area (Å²) in [7, 11) is 0. The molecule has 0 spiro atoms. The maximum Gasteiger partial charge on any atom is 0.225 e. The molecule has 0 aliphatic heterocycles. The average molecular weight is 350 g/mol. The van der Waals surface area contributed by atoms with Gasteiger partial charge in [0.2, 0.25) is 5.95 Å². The molecular weight excluding hydrogens is 327 g/mol. The summed E-state index contributed by atoms with van der Waals surface area (Å²) in [5.74, 6) is 1.34. The van der Waals surface area contributed by atoms with Crippen LogP contribution in [-0.2, 0) is 6.54 Å². The lowest BCUT2D eigenvalue weighted by Gasteiger charge is -2.15. The third kappa shape index (κ3) is 4.36. The second-order valence-corrected chi connectivity index (χ2v) is 6.53. The smallest absolute Gasteiger partial charge is 0.225 e. The highest BCUT2D eigenvalue weighted by Gasteiger charge is 2.09. The first-order valence-electron chi connectivity index (χ1n) is 8.72. The van der Waals surface area contributed by atoms with Gasteiger partial charge in [0, 0.05) is 29.6 Å². The van der Waals surface area contributed by atoms with Crippen LogP contribution in [0.5, 0.6) is 0 Å². The number of benzene rings is 2. The van der Waals surface area contributed by atoms with Gasteiger partial charge in [-0.25, -0.2) is 9.37 Å². The van der Waals surface area contributed by atoms with Crippen molar-refractivity contribution in [2.75, 3.05) is 10.6 Å². The van der Waals surface area contributed by atoms with E-state index in [-0.39, 0.29) is 5.82 Å². The summed E-state index contributed by atoms with van der Waals surface area (Å²) in [5.41, 5.74) is 3.67. The minimum atomic E-state index is -0.239. The van der Waals surface area contributed by atoms with Gasteiger partial charge in [0.05, 0.1) is 0 Å². The van der Waals surface area contributed by atoms with Crippen molar-refractivity contribution in [2.24, 2.45) is 0 Å². The molecule has 134 valence electrons. The van der Waals surface area contributed by atoms with Gasteiger partial charge < -0.3 is 10.6 Å². The Morgan fingerprint density at radius 2 is 1.73 bits per heavy atom. The summed E-state index contributed by atoms with van der Waals surface area (Å²) >= 11 is 0. The monoisotopic (exact) mass is 350 g/mol. The molecule has 0 radical (unpaired) electrons. The summed E-state index contributed by atoms with van der Waals surface area (Å²) in [6.07, 6.45) is 0. The van der Waals surface area contributed by atoms with Gasteiger partial charge in [-0.15, -0.1) is 0 Å². The van der Waals surface area contributed by atoms with E-state index in [0.29, 0.717) is 29.8 Å². The lowest BCUT2D eigenvalue weighted by Crippen LogP contribution is -2.08. The molecule has 0 saturated carbocycles. The number of nitrogens with zero attached hydrogens (tertiary/aromatic N) is 2. The van der Waals surface area contributed by atoms with E-state index in [4.69, 9.17) is 0 Å². The Labute approximate surface area is 153 Å². The zero-order valence-electron chi connectivity index (χ0n) is 15.3. The van der Waals surface area contributed by atoms with E-state index in [1.165, 1.54) is 11.6 Å². The predicted octanol–water partition coefficient (Wildman–Crippen LogP) is 5.40. The summed E-state index contributed by atoms with van der Waals surface area (Å²) in [6, 6.07) is 16.8. The fraction of sp³-hybridized carbons (Fsp3) is 0.238. The number of anilines is 3. The zero-order chi connectivity index (χ0) is 18.5. The molecule has 0 fully saturated rings. The van der Waals surface area contributed by atoms with Crippen LogP contribution in [0, 0.1) is 12.7 Å². The molecule has 2 N–H and O–H groups in total. The van der Waals surface area contributed by atoms with Gasteiger partial charge in [-0.2, -0.15) is 4.98 Å². The van der Waals surface area contributed by atoms with E-state index in [1.54, 1.807) is 12.1 Å². The van der Waals surface area contributed by atoms with E-state index < -0.39 is 0 Å². The Hall–Kier alpha value is -2.95. The van der Waals surface area contributed by atoms with E-state index in [0.717, 1.165) is 11.4 Å². The molecule has 2 aromatic carbocycles. The summed E-state index contributed by atoms with van der Waals surface area (Å²) < 4.78 is 13.8. The zero-order valence-corrected chi connectivity index (χ0v) is 15.3. The van der Waals surface area contributed by atoms with Crippen LogP contribution in [0.25, 0.3) is 0 Å². The Kier molecular flexibility index (Phi) is 5.46. The highest BCUT2D eigenvalue weighted by atomic mass is 19.1. The molecule has 3 rings (SSSR count). The number of rotatable bonds is 6. The fourth-order valence-electron chi connectivity index (χ4n) is 2.78. The minimum absolute atomic E-state index is 0.239. The molecular formula is C21H23FN4. The molecule has 0 aliphatic rings. The summed E-state index contributed by atoms with van der Waals surface area (Å²) in [6.45, 7) is 6.56. The van der Waals surface area contributed by atoms with Gasteiger partial charge in [0.25, 0.3) is 0 Å². The largest absolute Gasteiger partial charge is 0.350 e. The normalized spacial score (nSPS) is 10.8. The van der Waals surface area contributed by atoms with Gasteiger partial charge in [0.1, 0.15) is 11.6 Å². The maximum absolute atomic E-state index is 13.8. The van der Waals surface area contributed by atoms with Crippen molar-refractivity contribution in [3.05, 3.63) is 77.2 Å². The van der Waals surface area contributed by atoms with Crippen LogP contribution in [0.3, 0.4) is 0 Å². The van der Waals surface area contributed by atoms with Gasteiger partial charge >= 0.3 is 0 Å². The molecule has 3 aromatic rings. The highest BCUT2D eigenvalue weighted by Crippen LogP contribution is 2.26. The Balaban J connectivity index is 1.79. The second kappa shape index (κ2) is 7.95. The van der Waals surface area contributed by atoms with Crippen molar-refractivity contribution in [1.29, 1.82) is 0 Å².